The SMILES string of the molecule is CCn1ncnc1Cn1cnc(CNC)n1. The molecule has 0 aliphatic carbocycles. The van der Waals surface area contributed by atoms with Gasteiger partial charge in [-0.3, -0.25) is 0 Å². The summed E-state index contributed by atoms with van der Waals surface area (Å²) in [5.41, 5.74) is 0. The average molecular weight is 221 g/mol. The van der Waals surface area contributed by atoms with Crippen LogP contribution in [0.15, 0.2) is 12.7 Å². The van der Waals surface area contributed by atoms with Gasteiger partial charge in [-0.25, -0.2) is 19.3 Å². The van der Waals surface area contributed by atoms with E-state index in [4.69, 9.17) is 0 Å². The highest BCUT2D eigenvalue weighted by molar-refractivity contribution is 4.87. The Hall–Kier alpha value is -1.76. The fraction of sp³-hybridized carbons (Fsp3) is 0.556. The molecule has 0 aromatic carbocycles. The lowest BCUT2D eigenvalue weighted by atomic mass is 10.6. The molecule has 0 aliphatic heterocycles. The molecule has 2 heterocycles. The van der Waals surface area contributed by atoms with Crippen molar-refractivity contribution in [3.8, 4) is 0 Å². The van der Waals surface area contributed by atoms with Crippen molar-refractivity contribution < 1.29 is 0 Å². The molecule has 86 valence electrons. The molecule has 0 fully saturated rings. The normalized spacial score (nSPS) is 10.9. The van der Waals surface area contributed by atoms with Crippen LogP contribution >= 0.6 is 0 Å². The first-order valence-electron chi connectivity index (χ1n) is 5.23. The molecule has 0 unspecified atom stereocenters. The van der Waals surface area contributed by atoms with Crippen LogP contribution in [-0.4, -0.2) is 36.6 Å². The van der Waals surface area contributed by atoms with E-state index in [9.17, 15) is 0 Å². The van der Waals surface area contributed by atoms with Gasteiger partial charge in [0.05, 0.1) is 6.54 Å². The Morgan fingerprint density at radius 3 is 3.00 bits per heavy atom. The maximum absolute atomic E-state index is 4.31. The molecular formula is C9H15N7. The second kappa shape index (κ2) is 4.84. The number of aryl methyl sites for hydroxylation is 1. The van der Waals surface area contributed by atoms with Crippen LogP contribution < -0.4 is 5.32 Å². The second-order valence-electron chi connectivity index (χ2n) is 3.38. The maximum Gasteiger partial charge on any atom is 0.164 e. The van der Waals surface area contributed by atoms with Gasteiger partial charge >= 0.3 is 0 Å². The molecule has 0 aliphatic rings. The molecule has 2 aromatic heterocycles. The molecule has 0 radical (unpaired) electrons. The zero-order chi connectivity index (χ0) is 11.4. The highest BCUT2D eigenvalue weighted by atomic mass is 15.4. The van der Waals surface area contributed by atoms with E-state index in [0.29, 0.717) is 13.1 Å². The zero-order valence-electron chi connectivity index (χ0n) is 9.46. The zero-order valence-corrected chi connectivity index (χ0v) is 9.46. The third kappa shape index (κ3) is 2.25. The summed E-state index contributed by atoms with van der Waals surface area (Å²) < 4.78 is 3.61. The highest BCUT2D eigenvalue weighted by Crippen LogP contribution is 1.98. The van der Waals surface area contributed by atoms with E-state index in [1.807, 2.05) is 18.7 Å². The molecule has 0 saturated carbocycles. The molecule has 1 N–H and O–H groups in total. The minimum absolute atomic E-state index is 0.602. The lowest BCUT2D eigenvalue weighted by Crippen LogP contribution is -2.11. The Kier molecular flexibility index (Phi) is 3.25. The number of rotatable bonds is 5. The number of hydrogen-bond acceptors (Lipinski definition) is 5. The standard InChI is InChI=1S/C9H15N7/c1-3-16-9(11-6-13-16)5-15-7-12-8(14-15)4-10-2/h6-7,10H,3-5H2,1-2H3. The van der Waals surface area contributed by atoms with Crippen LogP contribution in [0.2, 0.25) is 0 Å². The molecular weight excluding hydrogens is 206 g/mol. The lowest BCUT2D eigenvalue weighted by Gasteiger charge is -2.01. The predicted molar refractivity (Wildman–Crippen MR) is 57.6 cm³/mol. The van der Waals surface area contributed by atoms with Gasteiger partial charge in [0.1, 0.15) is 25.0 Å². The first-order valence-corrected chi connectivity index (χ1v) is 5.23. The van der Waals surface area contributed by atoms with Gasteiger partial charge in [0.2, 0.25) is 0 Å². The van der Waals surface area contributed by atoms with Crippen molar-refractivity contribution in [2.24, 2.45) is 0 Å². The van der Waals surface area contributed by atoms with E-state index in [2.05, 4.69) is 25.5 Å². The summed E-state index contributed by atoms with van der Waals surface area (Å²) >= 11 is 0. The first kappa shape index (κ1) is 10.7. The summed E-state index contributed by atoms with van der Waals surface area (Å²) in [4.78, 5) is 8.36. The Morgan fingerprint density at radius 2 is 2.25 bits per heavy atom. The van der Waals surface area contributed by atoms with Gasteiger partial charge in [-0.2, -0.15) is 10.2 Å². The van der Waals surface area contributed by atoms with Crippen LogP contribution in [0.4, 0.5) is 0 Å². The van der Waals surface area contributed by atoms with E-state index in [1.54, 1.807) is 17.3 Å². The van der Waals surface area contributed by atoms with Crippen molar-refractivity contribution in [3.63, 3.8) is 0 Å². The van der Waals surface area contributed by atoms with Crippen LogP contribution in [-0.2, 0) is 19.6 Å². The molecule has 0 saturated heterocycles. The molecule has 0 bridgehead atoms. The molecule has 2 rings (SSSR count). The van der Waals surface area contributed by atoms with E-state index >= 15 is 0 Å². The highest BCUT2D eigenvalue weighted by Gasteiger charge is 2.05. The van der Waals surface area contributed by atoms with Crippen LogP contribution in [0.25, 0.3) is 0 Å². The van der Waals surface area contributed by atoms with Gasteiger partial charge in [-0.1, -0.05) is 0 Å². The van der Waals surface area contributed by atoms with Crippen molar-refractivity contribution >= 4 is 0 Å². The van der Waals surface area contributed by atoms with Crippen LogP contribution in [0.5, 0.6) is 0 Å². The smallest absolute Gasteiger partial charge is 0.164 e. The lowest BCUT2D eigenvalue weighted by molar-refractivity contribution is 0.562. The molecule has 2 aromatic rings. The van der Waals surface area contributed by atoms with Gasteiger partial charge in [0, 0.05) is 6.54 Å². The Balaban J connectivity index is 2.08. The summed E-state index contributed by atoms with van der Waals surface area (Å²) in [5, 5.41) is 11.4. The molecule has 0 amide bonds. The number of nitrogens with zero attached hydrogens (tertiary/aromatic N) is 6. The second-order valence-corrected chi connectivity index (χ2v) is 3.38. The van der Waals surface area contributed by atoms with E-state index in [1.165, 1.54) is 0 Å². The van der Waals surface area contributed by atoms with Gasteiger partial charge in [-0.15, -0.1) is 0 Å². The quantitative estimate of drug-likeness (QED) is 0.747. The fourth-order valence-corrected chi connectivity index (χ4v) is 1.47. The molecule has 0 spiro atoms. The fourth-order valence-electron chi connectivity index (χ4n) is 1.47. The third-order valence-electron chi connectivity index (χ3n) is 2.22. The van der Waals surface area contributed by atoms with Gasteiger partial charge < -0.3 is 5.32 Å². The summed E-state index contributed by atoms with van der Waals surface area (Å²) in [6, 6.07) is 0. The minimum atomic E-state index is 0.602. The largest absolute Gasteiger partial charge is 0.313 e. The van der Waals surface area contributed by atoms with Crippen molar-refractivity contribution in [3.05, 3.63) is 24.3 Å². The third-order valence-corrected chi connectivity index (χ3v) is 2.22. The van der Waals surface area contributed by atoms with Gasteiger partial charge in [0.15, 0.2) is 5.82 Å². The first-order chi connectivity index (χ1) is 7.83. The topological polar surface area (TPSA) is 73.5 Å². The van der Waals surface area contributed by atoms with Crippen molar-refractivity contribution in [2.75, 3.05) is 7.05 Å². The number of aromatic nitrogens is 6. The van der Waals surface area contributed by atoms with E-state index in [-0.39, 0.29) is 0 Å². The Bertz CT molecular complexity index is 444. The molecule has 16 heavy (non-hydrogen) atoms. The number of hydrogen-bond donors (Lipinski definition) is 1. The summed E-state index contributed by atoms with van der Waals surface area (Å²) in [7, 11) is 1.87. The van der Waals surface area contributed by atoms with E-state index < -0.39 is 0 Å². The minimum Gasteiger partial charge on any atom is -0.313 e. The predicted octanol–water partition coefficient (Wildman–Crippen LogP) is -0.343. The van der Waals surface area contributed by atoms with Crippen LogP contribution in [0, 0.1) is 0 Å². The Labute approximate surface area is 93.5 Å². The van der Waals surface area contributed by atoms with Crippen molar-refractivity contribution in [1.82, 2.24) is 34.8 Å². The Morgan fingerprint density at radius 1 is 1.38 bits per heavy atom. The molecule has 7 heteroatoms. The van der Waals surface area contributed by atoms with Crippen LogP contribution in [0.3, 0.4) is 0 Å². The summed E-state index contributed by atoms with van der Waals surface area (Å²) in [5.74, 6) is 1.67. The monoisotopic (exact) mass is 221 g/mol. The average Bonchev–Trinajstić information content (AvgIpc) is 2.89. The summed E-state index contributed by atoms with van der Waals surface area (Å²) in [6.45, 7) is 4.12. The van der Waals surface area contributed by atoms with Crippen molar-refractivity contribution in [2.45, 2.75) is 26.6 Å². The van der Waals surface area contributed by atoms with Gasteiger partial charge in [-0.05, 0) is 14.0 Å². The van der Waals surface area contributed by atoms with Crippen molar-refractivity contribution in [1.29, 1.82) is 0 Å². The van der Waals surface area contributed by atoms with Crippen LogP contribution in [0.1, 0.15) is 18.6 Å². The molecule has 7 nitrogen and oxygen atoms in total. The maximum atomic E-state index is 4.31. The number of nitrogens with one attached hydrogen (secondary N) is 1. The van der Waals surface area contributed by atoms with Gasteiger partial charge in [0.25, 0.3) is 0 Å². The van der Waals surface area contributed by atoms with E-state index in [0.717, 1.165) is 18.2 Å². The summed E-state index contributed by atoms with van der Waals surface area (Å²) in [6.07, 6.45) is 3.27. The molecule has 0 atom stereocenters.